The van der Waals surface area contributed by atoms with Crippen molar-refractivity contribution in [1.82, 2.24) is 10.6 Å². The van der Waals surface area contributed by atoms with E-state index in [2.05, 4.69) is 22.8 Å². The first-order chi connectivity index (χ1) is 15.3. The zero-order valence-corrected chi connectivity index (χ0v) is 20.0. The molecule has 0 spiro atoms. The molecule has 0 amide bonds. The number of aliphatic imine (C=N–C) groups is 1. The Morgan fingerprint density at radius 2 is 1.88 bits per heavy atom. The van der Waals surface area contributed by atoms with Crippen LogP contribution in [0.25, 0.3) is 0 Å². The van der Waals surface area contributed by atoms with Gasteiger partial charge in [0.1, 0.15) is 22.9 Å². The van der Waals surface area contributed by atoms with Crippen LogP contribution >= 0.6 is 0 Å². The maximum Gasteiger partial charge on any atom is 0.191 e. The molecule has 1 aromatic heterocycles. The summed E-state index contributed by atoms with van der Waals surface area (Å²) in [6, 6.07) is 10.2. The molecule has 0 aliphatic carbocycles. The molecule has 176 valence electrons. The Morgan fingerprint density at radius 1 is 1.19 bits per heavy atom. The molecule has 1 fully saturated rings. The van der Waals surface area contributed by atoms with Gasteiger partial charge in [-0.05, 0) is 64.3 Å². The maximum absolute atomic E-state index is 11.0. The van der Waals surface area contributed by atoms with E-state index in [1.54, 1.807) is 14.0 Å². The highest BCUT2D eigenvalue weighted by Crippen LogP contribution is 2.35. The van der Waals surface area contributed by atoms with Gasteiger partial charge in [0.15, 0.2) is 5.96 Å². The SMILES string of the molecule is CCNC(=NCC(C)(O)c1cc(C)oc1C)NCC1(c2ccc(OC)cc2)CCOCC1. The molecule has 1 saturated heterocycles. The van der Waals surface area contributed by atoms with Gasteiger partial charge in [-0.15, -0.1) is 0 Å². The Morgan fingerprint density at radius 3 is 2.44 bits per heavy atom. The minimum Gasteiger partial charge on any atom is -0.497 e. The van der Waals surface area contributed by atoms with Gasteiger partial charge in [0.05, 0.1) is 13.7 Å². The van der Waals surface area contributed by atoms with Crippen molar-refractivity contribution in [1.29, 1.82) is 0 Å². The Labute approximate surface area is 191 Å². The number of furan rings is 1. The van der Waals surface area contributed by atoms with Crippen LogP contribution in [0.5, 0.6) is 5.75 Å². The highest BCUT2D eigenvalue weighted by atomic mass is 16.5. The summed E-state index contributed by atoms with van der Waals surface area (Å²) in [7, 11) is 1.68. The molecular weight excluding hydrogens is 406 g/mol. The molecular formula is C25H37N3O4. The van der Waals surface area contributed by atoms with E-state index in [4.69, 9.17) is 18.9 Å². The number of guanidine groups is 1. The fourth-order valence-electron chi connectivity index (χ4n) is 4.35. The average Bonchev–Trinajstić information content (AvgIpc) is 3.15. The van der Waals surface area contributed by atoms with Gasteiger partial charge in [0.2, 0.25) is 0 Å². The number of benzene rings is 1. The van der Waals surface area contributed by atoms with E-state index in [-0.39, 0.29) is 12.0 Å². The molecule has 0 bridgehead atoms. The van der Waals surface area contributed by atoms with Crippen LogP contribution in [0, 0.1) is 13.8 Å². The first-order valence-corrected chi connectivity index (χ1v) is 11.3. The molecule has 1 atom stereocenters. The number of ether oxygens (including phenoxy) is 2. The van der Waals surface area contributed by atoms with Gasteiger partial charge in [-0.1, -0.05) is 12.1 Å². The first kappa shape index (κ1) is 24.1. The topological polar surface area (TPSA) is 88.3 Å². The third-order valence-corrected chi connectivity index (χ3v) is 6.26. The van der Waals surface area contributed by atoms with Crippen LogP contribution in [0.4, 0.5) is 0 Å². The largest absolute Gasteiger partial charge is 0.497 e. The summed E-state index contributed by atoms with van der Waals surface area (Å²) in [6.07, 6.45) is 1.86. The standard InChI is InChI=1S/C25H37N3O4/c1-6-26-23(27-16-24(4,29)22-15-18(2)32-19(22)3)28-17-25(11-13-31-14-12-25)20-7-9-21(30-5)10-8-20/h7-10,15,29H,6,11-14,16-17H2,1-5H3,(H2,26,27,28). The molecule has 2 aromatic rings. The highest BCUT2D eigenvalue weighted by molar-refractivity contribution is 5.80. The zero-order chi connectivity index (χ0) is 23.2. The minimum absolute atomic E-state index is 0.0541. The van der Waals surface area contributed by atoms with Crippen molar-refractivity contribution in [2.75, 3.05) is 40.0 Å². The fourth-order valence-corrected chi connectivity index (χ4v) is 4.35. The van der Waals surface area contributed by atoms with Crippen LogP contribution in [-0.2, 0) is 15.8 Å². The van der Waals surface area contributed by atoms with Crippen molar-refractivity contribution < 1.29 is 19.0 Å². The maximum atomic E-state index is 11.0. The number of hydrogen-bond donors (Lipinski definition) is 3. The van der Waals surface area contributed by atoms with Crippen LogP contribution in [0.2, 0.25) is 0 Å². The molecule has 1 aliphatic heterocycles. The van der Waals surface area contributed by atoms with Crippen molar-refractivity contribution in [3.8, 4) is 5.75 Å². The minimum atomic E-state index is -1.11. The lowest BCUT2D eigenvalue weighted by Crippen LogP contribution is -2.48. The molecule has 7 nitrogen and oxygen atoms in total. The first-order valence-electron chi connectivity index (χ1n) is 11.3. The van der Waals surface area contributed by atoms with Crippen molar-refractivity contribution in [2.24, 2.45) is 4.99 Å². The molecule has 1 unspecified atom stereocenters. The Kier molecular flexibility index (Phi) is 7.85. The second-order valence-electron chi connectivity index (χ2n) is 8.77. The molecule has 1 aliphatic rings. The molecule has 7 heteroatoms. The molecule has 2 heterocycles. The van der Waals surface area contributed by atoms with E-state index in [1.807, 2.05) is 39.0 Å². The fraction of sp³-hybridized carbons (Fsp3) is 0.560. The summed E-state index contributed by atoms with van der Waals surface area (Å²) in [5, 5.41) is 17.9. The lowest BCUT2D eigenvalue weighted by molar-refractivity contribution is 0.0513. The van der Waals surface area contributed by atoms with Crippen molar-refractivity contribution in [2.45, 2.75) is 51.6 Å². The van der Waals surface area contributed by atoms with Crippen molar-refractivity contribution >= 4 is 5.96 Å². The molecule has 32 heavy (non-hydrogen) atoms. The lowest BCUT2D eigenvalue weighted by atomic mass is 9.74. The van der Waals surface area contributed by atoms with E-state index >= 15 is 0 Å². The van der Waals surface area contributed by atoms with Gasteiger partial charge in [0.25, 0.3) is 0 Å². The number of hydrogen-bond acceptors (Lipinski definition) is 5. The number of nitrogens with zero attached hydrogens (tertiary/aromatic N) is 1. The monoisotopic (exact) mass is 443 g/mol. The molecule has 0 radical (unpaired) electrons. The summed E-state index contributed by atoms with van der Waals surface area (Å²) < 4.78 is 16.6. The number of methoxy groups -OCH3 is 1. The van der Waals surface area contributed by atoms with Gasteiger partial charge >= 0.3 is 0 Å². The third-order valence-electron chi connectivity index (χ3n) is 6.26. The predicted octanol–water partition coefficient (Wildman–Crippen LogP) is 3.42. The van der Waals surface area contributed by atoms with Gasteiger partial charge in [0, 0.05) is 37.3 Å². The van der Waals surface area contributed by atoms with Crippen LogP contribution in [0.3, 0.4) is 0 Å². The van der Waals surface area contributed by atoms with E-state index in [0.717, 1.165) is 62.0 Å². The second-order valence-corrected chi connectivity index (χ2v) is 8.77. The molecule has 3 rings (SSSR count). The van der Waals surface area contributed by atoms with Crippen LogP contribution in [0.15, 0.2) is 39.7 Å². The number of nitrogens with one attached hydrogen (secondary N) is 2. The Bertz CT molecular complexity index is 896. The van der Waals surface area contributed by atoms with E-state index in [1.165, 1.54) is 5.56 Å². The molecule has 1 aromatic carbocycles. The summed E-state index contributed by atoms with van der Waals surface area (Å²) >= 11 is 0. The Balaban J connectivity index is 1.76. The van der Waals surface area contributed by atoms with E-state index in [9.17, 15) is 5.11 Å². The van der Waals surface area contributed by atoms with Gasteiger partial charge in [-0.2, -0.15) is 0 Å². The van der Waals surface area contributed by atoms with Gasteiger partial charge in [-0.25, -0.2) is 4.99 Å². The molecule has 3 N–H and O–H groups in total. The van der Waals surface area contributed by atoms with Gasteiger partial charge < -0.3 is 29.6 Å². The number of aryl methyl sites for hydroxylation is 2. The third kappa shape index (κ3) is 5.64. The van der Waals surface area contributed by atoms with Crippen molar-refractivity contribution in [3.63, 3.8) is 0 Å². The summed E-state index contributed by atoms with van der Waals surface area (Å²) in [4.78, 5) is 4.70. The average molecular weight is 444 g/mol. The van der Waals surface area contributed by atoms with E-state index < -0.39 is 5.60 Å². The van der Waals surface area contributed by atoms with E-state index in [0.29, 0.717) is 5.96 Å². The number of aliphatic hydroxyl groups is 1. The molecule has 0 saturated carbocycles. The quantitative estimate of drug-likeness (QED) is 0.428. The second kappa shape index (κ2) is 10.4. The van der Waals surface area contributed by atoms with Gasteiger partial charge in [-0.3, -0.25) is 0 Å². The summed E-state index contributed by atoms with van der Waals surface area (Å²) in [6.45, 7) is 10.7. The Hall–Kier alpha value is -2.51. The predicted molar refractivity (Wildman–Crippen MR) is 126 cm³/mol. The normalized spacial score (nSPS) is 18.1. The van der Waals surface area contributed by atoms with Crippen LogP contribution < -0.4 is 15.4 Å². The van der Waals surface area contributed by atoms with Crippen LogP contribution in [-0.4, -0.2) is 51.0 Å². The lowest BCUT2D eigenvalue weighted by Gasteiger charge is -2.38. The number of rotatable bonds is 8. The highest BCUT2D eigenvalue weighted by Gasteiger charge is 2.35. The summed E-state index contributed by atoms with van der Waals surface area (Å²) in [5.41, 5.74) is 0.869. The zero-order valence-electron chi connectivity index (χ0n) is 20.0. The van der Waals surface area contributed by atoms with Crippen LogP contribution in [0.1, 0.15) is 49.3 Å². The summed E-state index contributed by atoms with van der Waals surface area (Å²) in [5.74, 6) is 3.05. The van der Waals surface area contributed by atoms with Crippen molar-refractivity contribution in [3.05, 3.63) is 53.0 Å². The smallest absolute Gasteiger partial charge is 0.191 e.